The van der Waals surface area contributed by atoms with E-state index in [1.165, 1.54) is 15.9 Å². The van der Waals surface area contributed by atoms with Crippen molar-refractivity contribution in [3.8, 4) is 22.7 Å². The van der Waals surface area contributed by atoms with Crippen LogP contribution in [0.1, 0.15) is 11.5 Å². The normalized spacial score (nSPS) is 12.3. The molecule has 0 spiro atoms. The number of benzene rings is 1. The minimum absolute atomic E-state index is 0.261. The first kappa shape index (κ1) is 18.2. The fourth-order valence-corrected chi connectivity index (χ4v) is 4.24. The number of halogens is 2. The van der Waals surface area contributed by atoms with Crippen molar-refractivity contribution >= 4 is 45.6 Å². The van der Waals surface area contributed by atoms with E-state index in [1.54, 1.807) is 42.7 Å². The molecule has 0 aliphatic rings. The number of hydrogen-bond donors (Lipinski definition) is 0. The lowest BCUT2D eigenvalue weighted by Crippen LogP contribution is -2.23. The summed E-state index contributed by atoms with van der Waals surface area (Å²) in [4.78, 5) is 17.7. The van der Waals surface area contributed by atoms with Gasteiger partial charge >= 0.3 is 0 Å². The van der Waals surface area contributed by atoms with E-state index in [0.717, 1.165) is 5.56 Å². The van der Waals surface area contributed by atoms with Gasteiger partial charge in [-0.3, -0.25) is 4.79 Å². The fourth-order valence-electron chi connectivity index (χ4n) is 2.96. The Balaban J connectivity index is 1.55. The molecule has 0 saturated carbocycles. The zero-order valence-corrected chi connectivity index (χ0v) is 17.2. The Kier molecular flexibility index (Phi) is 4.31. The number of hydrogen-bond acceptors (Lipinski definition) is 6. The third kappa shape index (κ3) is 3.07. The molecule has 0 saturated heterocycles. The van der Waals surface area contributed by atoms with E-state index in [0.29, 0.717) is 48.2 Å². The molecule has 29 heavy (non-hydrogen) atoms. The average molecular weight is 444 g/mol. The van der Waals surface area contributed by atoms with Crippen LogP contribution in [0.15, 0.2) is 56.3 Å². The first-order chi connectivity index (χ1) is 14.0. The van der Waals surface area contributed by atoms with Crippen LogP contribution < -0.4 is 10.1 Å². The van der Waals surface area contributed by atoms with Gasteiger partial charge in [0.2, 0.25) is 4.96 Å². The molecule has 4 heterocycles. The molecule has 0 aliphatic heterocycles. The second kappa shape index (κ2) is 6.88. The van der Waals surface area contributed by atoms with E-state index in [-0.39, 0.29) is 5.56 Å². The summed E-state index contributed by atoms with van der Waals surface area (Å²) in [5.74, 6) is 2.24. The topological polar surface area (TPSA) is 73.5 Å². The van der Waals surface area contributed by atoms with Gasteiger partial charge in [0.05, 0.1) is 21.9 Å². The summed E-state index contributed by atoms with van der Waals surface area (Å²) in [6.45, 7) is 1.82. The molecule has 5 rings (SSSR count). The highest BCUT2D eigenvalue weighted by Gasteiger charge is 2.15. The van der Waals surface area contributed by atoms with Crippen LogP contribution in [0.2, 0.25) is 10.0 Å². The summed E-state index contributed by atoms with van der Waals surface area (Å²) < 4.78 is 12.9. The zero-order chi connectivity index (χ0) is 20.1. The molecule has 0 amide bonds. The van der Waals surface area contributed by atoms with Crippen LogP contribution in [0.5, 0.6) is 0 Å². The lowest BCUT2D eigenvalue weighted by molar-refractivity contribution is 0.535. The average Bonchev–Trinajstić information content (AvgIpc) is 3.46. The van der Waals surface area contributed by atoms with Crippen molar-refractivity contribution in [2.24, 2.45) is 0 Å². The van der Waals surface area contributed by atoms with Gasteiger partial charge in [0.1, 0.15) is 21.8 Å². The standard InChI is InChI=1S/C20H11Cl2N3O3S/c1-10-12(7-8-27-10)18-23-20-25(24-18)19(26)16(29-20)9-11-5-6-15(28-11)13-3-2-4-14(21)17(13)22/h2-9H,1H3/b16-9-. The molecule has 0 radical (unpaired) electrons. The summed E-state index contributed by atoms with van der Waals surface area (Å²) in [6.07, 6.45) is 3.23. The van der Waals surface area contributed by atoms with Gasteiger partial charge < -0.3 is 8.83 Å². The van der Waals surface area contributed by atoms with E-state index in [4.69, 9.17) is 32.0 Å². The van der Waals surface area contributed by atoms with Crippen molar-refractivity contribution in [2.45, 2.75) is 6.92 Å². The van der Waals surface area contributed by atoms with Gasteiger partial charge in [-0.15, -0.1) is 5.10 Å². The Hall–Kier alpha value is -2.87. The second-order valence-electron chi connectivity index (χ2n) is 6.24. The Morgan fingerprint density at radius 1 is 1.14 bits per heavy atom. The smallest absolute Gasteiger partial charge is 0.291 e. The third-order valence-electron chi connectivity index (χ3n) is 4.40. The molecular weight excluding hydrogens is 433 g/mol. The highest BCUT2D eigenvalue weighted by atomic mass is 35.5. The Morgan fingerprint density at radius 2 is 2.00 bits per heavy atom. The predicted molar refractivity (Wildman–Crippen MR) is 113 cm³/mol. The van der Waals surface area contributed by atoms with Crippen molar-refractivity contribution in [3.05, 3.63) is 79.1 Å². The van der Waals surface area contributed by atoms with Crippen molar-refractivity contribution < 1.29 is 8.83 Å². The molecule has 5 aromatic rings. The lowest BCUT2D eigenvalue weighted by atomic mass is 10.2. The van der Waals surface area contributed by atoms with Gasteiger partial charge in [0.15, 0.2) is 5.82 Å². The molecule has 0 bridgehead atoms. The van der Waals surface area contributed by atoms with Crippen molar-refractivity contribution in [1.29, 1.82) is 0 Å². The molecule has 0 atom stereocenters. The van der Waals surface area contributed by atoms with Gasteiger partial charge in [-0.1, -0.05) is 40.6 Å². The van der Waals surface area contributed by atoms with Crippen molar-refractivity contribution in [3.63, 3.8) is 0 Å². The molecule has 4 aromatic heterocycles. The van der Waals surface area contributed by atoms with Crippen molar-refractivity contribution in [2.75, 3.05) is 0 Å². The molecule has 0 unspecified atom stereocenters. The van der Waals surface area contributed by atoms with Gasteiger partial charge in [-0.2, -0.15) is 9.50 Å². The van der Waals surface area contributed by atoms with Gasteiger partial charge in [-0.25, -0.2) is 0 Å². The molecule has 0 N–H and O–H groups in total. The van der Waals surface area contributed by atoms with Crippen LogP contribution in [-0.2, 0) is 0 Å². The van der Waals surface area contributed by atoms with E-state index < -0.39 is 0 Å². The molecule has 0 aliphatic carbocycles. The zero-order valence-electron chi connectivity index (χ0n) is 14.8. The number of nitrogens with zero attached hydrogens (tertiary/aromatic N) is 3. The number of furan rings is 2. The monoisotopic (exact) mass is 443 g/mol. The molecule has 1 aromatic carbocycles. The highest BCUT2D eigenvalue weighted by molar-refractivity contribution is 7.15. The summed E-state index contributed by atoms with van der Waals surface area (Å²) in [6, 6.07) is 10.6. The summed E-state index contributed by atoms with van der Waals surface area (Å²) in [5.41, 5.74) is 1.19. The highest BCUT2D eigenvalue weighted by Crippen LogP contribution is 2.34. The lowest BCUT2D eigenvalue weighted by Gasteiger charge is -2.01. The van der Waals surface area contributed by atoms with E-state index in [9.17, 15) is 4.79 Å². The number of fused-ring (bicyclic) bond motifs is 1. The maximum Gasteiger partial charge on any atom is 0.291 e. The quantitative estimate of drug-likeness (QED) is 0.399. The minimum atomic E-state index is -0.261. The number of thiazole rings is 1. The minimum Gasteiger partial charge on any atom is -0.469 e. The van der Waals surface area contributed by atoms with Crippen LogP contribution in [0.4, 0.5) is 0 Å². The fraction of sp³-hybridized carbons (Fsp3) is 0.0500. The van der Waals surface area contributed by atoms with Crippen LogP contribution >= 0.6 is 34.5 Å². The van der Waals surface area contributed by atoms with E-state index in [1.807, 2.05) is 13.0 Å². The summed E-state index contributed by atoms with van der Waals surface area (Å²) >= 11 is 13.6. The SMILES string of the molecule is Cc1occc1-c1nc2s/c(=C\c3ccc(-c4cccc(Cl)c4Cl)o3)c(=O)n2n1. The van der Waals surface area contributed by atoms with E-state index >= 15 is 0 Å². The van der Waals surface area contributed by atoms with Gasteiger partial charge in [0, 0.05) is 11.6 Å². The summed E-state index contributed by atoms with van der Waals surface area (Å²) in [5, 5.41) is 5.18. The number of aromatic nitrogens is 3. The summed E-state index contributed by atoms with van der Waals surface area (Å²) in [7, 11) is 0. The number of aryl methyl sites for hydroxylation is 1. The molecular formula is C20H11Cl2N3O3S. The largest absolute Gasteiger partial charge is 0.469 e. The Bertz CT molecular complexity index is 1480. The van der Waals surface area contributed by atoms with Crippen LogP contribution in [-0.4, -0.2) is 14.6 Å². The second-order valence-corrected chi connectivity index (χ2v) is 8.03. The van der Waals surface area contributed by atoms with Gasteiger partial charge in [0.25, 0.3) is 5.56 Å². The van der Waals surface area contributed by atoms with Crippen LogP contribution in [0.3, 0.4) is 0 Å². The predicted octanol–water partition coefficient (Wildman–Crippen LogP) is 4.83. The molecule has 6 nitrogen and oxygen atoms in total. The van der Waals surface area contributed by atoms with Crippen molar-refractivity contribution in [1.82, 2.24) is 14.6 Å². The molecule has 9 heteroatoms. The third-order valence-corrected chi connectivity index (χ3v) is 6.18. The molecule has 0 fully saturated rings. The van der Waals surface area contributed by atoms with E-state index in [2.05, 4.69) is 10.1 Å². The maximum absolute atomic E-state index is 12.7. The number of rotatable bonds is 3. The Labute approximate surface area is 177 Å². The Morgan fingerprint density at radius 3 is 2.76 bits per heavy atom. The molecule has 144 valence electrons. The van der Waals surface area contributed by atoms with Crippen LogP contribution in [0.25, 0.3) is 33.7 Å². The first-order valence-electron chi connectivity index (χ1n) is 8.51. The maximum atomic E-state index is 12.7. The van der Waals surface area contributed by atoms with Gasteiger partial charge in [-0.05, 0) is 37.3 Å². The first-order valence-corrected chi connectivity index (χ1v) is 10.1. The van der Waals surface area contributed by atoms with Crippen LogP contribution in [0, 0.1) is 6.92 Å².